The number of nitrogens with one attached hydrogen (secondary N) is 1. The number of rotatable bonds is 3. The third kappa shape index (κ3) is 1.81. The van der Waals surface area contributed by atoms with Crippen molar-refractivity contribution in [2.24, 2.45) is 7.05 Å². The van der Waals surface area contributed by atoms with E-state index in [1.165, 1.54) is 11.5 Å². The maximum atomic E-state index is 3.90. The number of hydrogen-bond acceptors (Lipinski definition) is 6. The van der Waals surface area contributed by atoms with Crippen molar-refractivity contribution in [3.8, 4) is 0 Å². The van der Waals surface area contributed by atoms with Crippen molar-refractivity contribution in [1.29, 1.82) is 0 Å². The van der Waals surface area contributed by atoms with E-state index < -0.39 is 0 Å². The Morgan fingerprint density at radius 2 is 2.54 bits per heavy atom. The molecule has 68 valence electrons. The van der Waals surface area contributed by atoms with E-state index in [1.54, 1.807) is 10.9 Å². The van der Waals surface area contributed by atoms with Gasteiger partial charge in [-0.15, -0.1) is 10.2 Å². The highest BCUT2D eigenvalue weighted by atomic mass is 32.1. The maximum absolute atomic E-state index is 3.90. The molecule has 2 aromatic rings. The number of aryl methyl sites for hydroxylation is 1. The summed E-state index contributed by atoms with van der Waals surface area (Å²) in [6.45, 7) is 0.651. The lowest BCUT2D eigenvalue weighted by Crippen LogP contribution is -2.04. The van der Waals surface area contributed by atoms with Gasteiger partial charge in [0.05, 0.1) is 18.4 Å². The molecule has 1 N–H and O–H groups in total. The molecule has 0 spiro atoms. The number of hydrogen-bond donors (Lipinski definition) is 1. The highest BCUT2D eigenvalue weighted by molar-refractivity contribution is 7.03. The molecule has 0 atom stereocenters. The van der Waals surface area contributed by atoms with E-state index in [1.807, 2.05) is 12.4 Å². The van der Waals surface area contributed by atoms with Crippen molar-refractivity contribution in [2.75, 3.05) is 5.32 Å². The summed E-state index contributed by atoms with van der Waals surface area (Å²) in [5.74, 6) is 0.869. The van der Waals surface area contributed by atoms with Gasteiger partial charge in [-0.3, -0.25) is 0 Å². The summed E-state index contributed by atoms with van der Waals surface area (Å²) in [5.41, 5.74) is 0.922. The van der Waals surface area contributed by atoms with E-state index in [0.717, 1.165) is 11.5 Å². The van der Waals surface area contributed by atoms with E-state index in [-0.39, 0.29) is 0 Å². The molecule has 0 fully saturated rings. The minimum atomic E-state index is 0.651. The second-order valence-corrected chi connectivity index (χ2v) is 3.10. The Hall–Kier alpha value is -1.50. The molecule has 0 unspecified atom stereocenters. The summed E-state index contributed by atoms with van der Waals surface area (Å²) >= 11 is 1.34. The SMILES string of the molecule is Cn1nncc1NCc1csnn1. The lowest BCUT2D eigenvalue weighted by atomic mass is 10.5. The zero-order valence-corrected chi connectivity index (χ0v) is 7.82. The van der Waals surface area contributed by atoms with E-state index in [2.05, 4.69) is 25.2 Å². The molecule has 0 saturated heterocycles. The predicted octanol–water partition coefficient (Wildman–Crippen LogP) is 0.279. The lowest BCUT2D eigenvalue weighted by Gasteiger charge is -2.01. The molecule has 0 aliphatic heterocycles. The first-order valence-corrected chi connectivity index (χ1v) is 4.54. The Kier molecular flexibility index (Phi) is 2.17. The summed E-state index contributed by atoms with van der Waals surface area (Å²) in [5, 5.41) is 16.5. The van der Waals surface area contributed by atoms with Crippen molar-refractivity contribution in [1.82, 2.24) is 24.6 Å². The molecule has 0 radical (unpaired) electrons. The van der Waals surface area contributed by atoms with E-state index in [0.29, 0.717) is 6.54 Å². The average molecular weight is 196 g/mol. The molecular weight excluding hydrogens is 188 g/mol. The van der Waals surface area contributed by atoms with Crippen LogP contribution in [0.15, 0.2) is 11.6 Å². The second kappa shape index (κ2) is 3.48. The van der Waals surface area contributed by atoms with Crippen molar-refractivity contribution in [3.63, 3.8) is 0 Å². The van der Waals surface area contributed by atoms with Gasteiger partial charge >= 0.3 is 0 Å². The number of nitrogens with zero attached hydrogens (tertiary/aromatic N) is 5. The lowest BCUT2D eigenvalue weighted by molar-refractivity contribution is 0.716. The topological polar surface area (TPSA) is 68.5 Å². The van der Waals surface area contributed by atoms with Gasteiger partial charge in [-0.2, -0.15) is 0 Å². The second-order valence-electron chi connectivity index (χ2n) is 2.49. The van der Waals surface area contributed by atoms with Gasteiger partial charge in [0, 0.05) is 12.4 Å². The fraction of sp³-hybridized carbons (Fsp3) is 0.333. The van der Waals surface area contributed by atoms with Gasteiger partial charge in [-0.1, -0.05) is 9.70 Å². The van der Waals surface area contributed by atoms with Crippen LogP contribution in [-0.2, 0) is 13.6 Å². The van der Waals surface area contributed by atoms with Crippen molar-refractivity contribution in [3.05, 3.63) is 17.3 Å². The Labute approximate surface area is 78.8 Å². The molecule has 0 amide bonds. The third-order valence-electron chi connectivity index (χ3n) is 1.57. The summed E-state index contributed by atoms with van der Waals surface area (Å²) in [7, 11) is 1.83. The zero-order chi connectivity index (χ0) is 9.10. The molecule has 0 saturated carbocycles. The molecule has 2 rings (SSSR count). The smallest absolute Gasteiger partial charge is 0.144 e. The third-order valence-corrected chi connectivity index (χ3v) is 2.12. The van der Waals surface area contributed by atoms with Crippen molar-refractivity contribution in [2.45, 2.75) is 6.54 Å². The number of anilines is 1. The minimum Gasteiger partial charge on any atom is -0.363 e. The highest BCUT2D eigenvalue weighted by Gasteiger charge is 1.99. The Morgan fingerprint density at radius 3 is 3.15 bits per heavy atom. The molecule has 6 nitrogen and oxygen atoms in total. The highest BCUT2D eigenvalue weighted by Crippen LogP contribution is 2.04. The van der Waals surface area contributed by atoms with Gasteiger partial charge in [0.15, 0.2) is 0 Å². The van der Waals surface area contributed by atoms with Crippen LogP contribution in [0, 0.1) is 0 Å². The van der Waals surface area contributed by atoms with Gasteiger partial charge in [-0.05, 0) is 11.5 Å². The van der Waals surface area contributed by atoms with Crippen LogP contribution in [-0.4, -0.2) is 24.6 Å². The quantitative estimate of drug-likeness (QED) is 0.763. The molecule has 2 heterocycles. The zero-order valence-electron chi connectivity index (χ0n) is 7.01. The van der Waals surface area contributed by atoms with Gasteiger partial charge in [-0.25, -0.2) is 4.68 Å². The fourth-order valence-corrected chi connectivity index (χ4v) is 1.34. The first kappa shape index (κ1) is 8.11. The monoisotopic (exact) mass is 196 g/mol. The maximum Gasteiger partial charge on any atom is 0.144 e. The molecule has 13 heavy (non-hydrogen) atoms. The van der Waals surface area contributed by atoms with Gasteiger partial charge in [0.1, 0.15) is 5.82 Å². The van der Waals surface area contributed by atoms with Crippen LogP contribution in [0.1, 0.15) is 5.69 Å². The van der Waals surface area contributed by atoms with Crippen LogP contribution in [0.4, 0.5) is 5.82 Å². The predicted molar refractivity (Wildman–Crippen MR) is 48.2 cm³/mol. The van der Waals surface area contributed by atoms with Crippen LogP contribution in [0.3, 0.4) is 0 Å². The van der Waals surface area contributed by atoms with Gasteiger partial charge < -0.3 is 5.32 Å². The first-order valence-electron chi connectivity index (χ1n) is 3.71. The fourth-order valence-electron chi connectivity index (χ4n) is 0.892. The molecule has 2 aromatic heterocycles. The van der Waals surface area contributed by atoms with E-state index >= 15 is 0 Å². The number of aromatic nitrogens is 5. The van der Waals surface area contributed by atoms with Gasteiger partial charge in [0.25, 0.3) is 0 Å². The molecular formula is C6H8N6S. The molecule has 0 aliphatic rings. The average Bonchev–Trinajstić information content (AvgIpc) is 2.72. The van der Waals surface area contributed by atoms with Crippen LogP contribution in [0.5, 0.6) is 0 Å². The van der Waals surface area contributed by atoms with Gasteiger partial charge in [0.2, 0.25) is 0 Å². The van der Waals surface area contributed by atoms with E-state index in [9.17, 15) is 0 Å². The van der Waals surface area contributed by atoms with Crippen molar-refractivity contribution < 1.29 is 0 Å². The molecule has 0 aromatic carbocycles. The Balaban J connectivity index is 1.97. The Bertz CT molecular complexity index is 366. The normalized spacial score (nSPS) is 10.2. The molecule has 7 heteroatoms. The van der Waals surface area contributed by atoms with Crippen LogP contribution in [0.25, 0.3) is 0 Å². The minimum absolute atomic E-state index is 0.651. The summed E-state index contributed by atoms with van der Waals surface area (Å²) in [6, 6.07) is 0. The largest absolute Gasteiger partial charge is 0.363 e. The summed E-state index contributed by atoms with van der Waals surface area (Å²) < 4.78 is 5.42. The first-order chi connectivity index (χ1) is 6.36. The summed E-state index contributed by atoms with van der Waals surface area (Å²) in [6.07, 6.45) is 1.67. The van der Waals surface area contributed by atoms with Crippen LogP contribution in [0.2, 0.25) is 0 Å². The molecule has 0 bridgehead atoms. The summed E-state index contributed by atoms with van der Waals surface area (Å²) in [4.78, 5) is 0. The standard InChI is InChI=1S/C6H8N6S/c1-12-6(3-8-10-12)7-2-5-4-13-11-9-5/h3-4,7H,2H2,1H3. The molecule has 0 aliphatic carbocycles. The Morgan fingerprint density at radius 1 is 1.62 bits per heavy atom. The van der Waals surface area contributed by atoms with Crippen molar-refractivity contribution >= 4 is 17.4 Å². The van der Waals surface area contributed by atoms with E-state index in [4.69, 9.17) is 0 Å². The van der Waals surface area contributed by atoms with Crippen LogP contribution >= 0.6 is 11.5 Å². The van der Waals surface area contributed by atoms with Crippen LogP contribution < -0.4 is 5.32 Å².